The van der Waals surface area contributed by atoms with Crippen LogP contribution in [0.5, 0.6) is 0 Å². The summed E-state index contributed by atoms with van der Waals surface area (Å²) in [5.74, 6) is 0.00650. The molecule has 6 heteroatoms. The van der Waals surface area contributed by atoms with Crippen LogP contribution in [-0.4, -0.2) is 27.1 Å². The van der Waals surface area contributed by atoms with E-state index in [4.69, 9.17) is 5.11 Å². The molecule has 2 aromatic heterocycles. The van der Waals surface area contributed by atoms with E-state index in [2.05, 4.69) is 15.3 Å². The van der Waals surface area contributed by atoms with Crippen LogP contribution in [0.4, 0.5) is 5.82 Å². The smallest absolute Gasteiger partial charge is 0.306 e. The third-order valence-electron chi connectivity index (χ3n) is 4.62. The lowest BCUT2D eigenvalue weighted by Gasteiger charge is -2.14. The van der Waals surface area contributed by atoms with E-state index < -0.39 is 5.97 Å². The van der Waals surface area contributed by atoms with E-state index in [9.17, 15) is 4.79 Å². The molecule has 2 N–H and O–H groups in total. The van der Waals surface area contributed by atoms with Gasteiger partial charge in [0.25, 0.3) is 0 Å². The van der Waals surface area contributed by atoms with E-state index in [0.29, 0.717) is 6.42 Å². The monoisotopic (exact) mass is 303 g/mol. The molecule has 5 nitrogen and oxygen atoms in total. The predicted octanol–water partition coefficient (Wildman–Crippen LogP) is 2.85. The minimum Gasteiger partial charge on any atom is -0.481 e. The normalized spacial score (nSPS) is 24.4. The number of hydrogen-bond acceptors (Lipinski definition) is 5. The minimum absolute atomic E-state index is 0.209. The summed E-state index contributed by atoms with van der Waals surface area (Å²) in [6, 6.07) is 0.209. The van der Waals surface area contributed by atoms with Gasteiger partial charge in [0.15, 0.2) is 0 Å². The molecule has 2 heterocycles. The van der Waals surface area contributed by atoms with Gasteiger partial charge in [-0.1, -0.05) is 0 Å². The Balaban J connectivity index is 1.64. The number of carboxylic acid groups (broad SMARTS) is 1. The van der Waals surface area contributed by atoms with Crippen LogP contribution in [0.2, 0.25) is 0 Å². The van der Waals surface area contributed by atoms with Crippen LogP contribution in [0.15, 0.2) is 6.33 Å². The van der Waals surface area contributed by atoms with Gasteiger partial charge in [0.1, 0.15) is 17.0 Å². The van der Waals surface area contributed by atoms with E-state index in [1.807, 2.05) is 0 Å². The summed E-state index contributed by atoms with van der Waals surface area (Å²) in [5, 5.41) is 13.8. The zero-order valence-electron chi connectivity index (χ0n) is 11.6. The van der Waals surface area contributed by atoms with Gasteiger partial charge >= 0.3 is 5.97 Å². The van der Waals surface area contributed by atoms with Crippen LogP contribution >= 0.6 is 11.3 Å². The predicted molar refractivity (Wildman–Crippen MR) is 81.8 cm³/mol. The summed E-state index contributed by atoms with van der Waals surface area (Å²) in [7, 11) is 0. The Morgan fingerprint density at radius 1 is 1.33 bits per heavy atom. The summed E-state index contributed by atoms with van der Waals surface area (Å²) < 4.78 is 0. The van der Waals surface area contributed by atoms with Crippen molar-refractivity contribution >= 4 is 33.3 Å². The van der Waals surface area contributed by atoms with Crippen molar-refractivity contribution in [1.82, 2.24) is 9.97 Å². The summed E-state index contributed by atoms with van der Waals surface area (Å²) in [4.78, 5) is 22.4. The molecule has 0 aliphatic heterocycles. The van der Waals surface area contributed by atoms with Crippen LogP contribution in [0, 0.1) is 5.92 Å². The van der Waals surface area contributed by atoms with E-state index in [1.54, 1.807) is 17.7 Å². The van der Waals surface area contributed by atoms with E-state index in [-0.39, 0.29) is 12.0 Å². The lowest BCUT2D eigenvalue weighted by molar-refractivity contribution is -0.141. The van der Waals surface area contributed by atoms with Crippen LogP contribution in [0.1, 0.15) is 36.1 Å². The second-order valence-corrected chi connectivity index (χ2v) is 7.03. The first-order valence-corrected chi connectivity index (χ1v) is 8.28. The molecule has 0 amide bonds. The number of fused-ring (bicyclic) bond motifs is 3. The lowest BCUT2D eigenvalue weighted by Crippen LogP contribution is -2.18. The zero-order chi connectivity index (χ0) is 14.4. The average molecular weight is 303 g/mol. The molecule has 2 aliphatic carbocycles. The number of nitrogens with one attached hydrogen (secondary N) is 1. The van der Waals surface area contributed by atoms with Gasteiger partial charge in [0.05, 0.1) is 11.3 Å². The standard InChI is InChI=1S/C15H17N3O2S/c19-15(20)8-4-5-9(6-8)18-13-12-10-2-1-3-11(10)21-14(12)17-7-16-13/h7-9H,1-6H2,(H,19,20)(H,16,17,18)/t8-,9+/m1/s1. The largest absolute Gasteiger partial charge is 0.481 e. The third kappa shape index (κ3) is 2.18. The van der Waals surface area contributed by atoms with Crippen molar-refractivity contribution in [3.8, 4) is 0 Å². The quantitative estimate of drug-likeness (QED) is 0.912. The van der Waals surface area contributed by atoms with E-state index in [0.717, 1.165) is 36.3 Å². The fourth-order valence-electron chi connectivity index (χ4n) is 3.57. The number of aliphatic carboxylic acids is 1. The van der Waals surface area contributed by atoms with Crippen molar-refractivity contribution in [3.63, 3.8) is 0 Å². The molecule has 21 heavy (non-hydrogen) atoms. The second kappa shape index (κ2) is 4.94. The topological polar surface area (TPSA) is 75.1 Å². The molecule has 0 unspecified atom stereocenters. The highest BCUT2D eigenvalue weighted by atomic mass is 32.1. The van der Waals surface area contributed by atoms with Gasteiger partial charge in [0.2, 0.25) is 0 Å². The molecule has 2 aromatic rings. The first-order chi connectivity index (χ1) is 10.2. The molecule has 0 bridgehead atoms. The van der Waals surface area contributed by atoms with Gasteiger partial charge in [-0.05, 0) is 44.1 Å². The van der Waals surface area contributed by atoms with Crippen molar-refractivity contribution in [2.45, 2.75) is 44.6 Å². The number of aromatic nitrogens is 2. The van der Waals surface area contributed by atoms with Crippen LogP contribution in [-0.2, 0) is 17.6 Å². The van der Waals surface area contributed by atoms with Gasteiger partial charge < -0.3 is 10.4 Å². The molecule has 1 fully saturated rings. The Kier molecular flexibility index (Phi) is 3.06. The molecule has 0 radical (unpaired) electrons. The molecule has 1 saturated carbocycles. The van der Waals surface area contributed by atoms with Crippen molar-refractivity contribution in [2.24, 2.45) is 5.92 Å². The fraction of sp³-hybridized carbons (Fsp3) is 0.533. The molecular weight excluding hydrogens is 286 g/mol. The number of carboxylic acids is 1. The Hall–Kier alpha value is -1.69. The Morgan fingerprint density at radius 2 is 2.24 bits per heavy atom. The van der Waals surface area contributed by atoms with Gasteiger partial charge in [-0.2, -0.15) is 0 Å². The summed E-state index contributed by atoms with van der Waals surface area (Å²) in [5.41, 5.74) is 1.41. The SMILES string of the molecule is O=C(O)[C@@H]1CC[C@H](Nc2ncnc3sc4c(c23)CCC4)C1. The Morgan fingerprint density at radius 3 is 3.05 bits per heavy atom. The molecule has 0 saturated heterocycles. The summed E-state index contributed by atoms with van der Waals surface area (Å²) in [6.45, 7) is 0. The maximum Gasteiger partial charge on any atom is 0.306 e. The molecule has 2 aliphatic rings. The molecular formula is C15H17N3O2S. The number of anilines is 1. The number of hydrogen-bond donors (Lipinski definition) is 2. The highest BCUT2D eigenvalue weighted by Gasteiger charge is 2.30. The third-order valence-corrected chi connectivity index (χ3v) is 5.82. The molecule has 0 spiro atoms. The fourth-order valence-corrected chi connectivity index (χ4v) is 4.80. The van der Waals surface area contributed by atoms with Crippen molar-refractivity contribution in [3.05, 3.63) is 16.8 Å². The molecule has 0 aromatic carbocycles. The maximum atomic E-state index is 11.1. The average Bonchev–Trinajstić information content (AvgIpc) is 3.12. The number of thiophene rings is 1. The first kappa shape index (κ1) is 13.0. The van der Waals surface area contributed by atoms with Crippen molar-refractivity contribution in [1.29, 1.82) is 0 Å². The van der Waals surface area contributed by atoms with E-state index >= 15 is 0 Å². The highest BCUT2D eigenvalue weighted by molar-refractivity contribution is 7.19. The summed E-state index contributed by atoms with van der Waals surface area (Å²) >= 11 is 1.78. The number of nitrogens with zero attached hydrogens (tertiary/aromatic N) is 2. The highest BCUT2D eigenvalue weighted by Crippen LogP contribution is 2.40. The molecule has 2 atom stereocenters. The van der Waals surface area contributed by atoms with Gasteiger partial charge in [-0.3, -0.25) is 4.79 Å². The molecule has 110 valence electrons. The van der Waals surface area contributed by atoms with Crippen LogP contribution < -0.4 is 5.32 Å². The van der Waals surface area contributed by atoms with Gasteiger partial charge in [0, 0.05) is 10.9 Å². The zero-order valence-corrected chi connectivity index (χ0v) is 12.4. The summed E-state index contributed by atoms with van der Waals surface area (Å²) in [6.07, 6.45) is 7.43. The van der Waals surface area contributed by atoms with Gasteiger partial charge in [-0.25, -0.2) is 9.97 Å². The van der Waals surface area contributed by atoms with Gasteiger partial charge in [-0.15, -0.1) is 11.3 Å². The number of aryl methyl sites for hydroxylation is 2. The molecule has 4 rings (SSSR count). The van der Waals surface area contributed by atoms with Crippen LogP contribution in [0.25, 0.3) is 10.2 Å². The lowest BCUT2D eigenvalue weighted by atomic mass is 10.1. The van der Waals surface area contributed by atoms with Crippen LogP contribution in [0.3, 0.4) is 0 Å². The minimum atomic E-state index is -0.677. The Labute approximate surface area is 126 Å². The Bertz CT molecular complexity index is 712. The van der Waals surface area contributed by atoms with Crippen molar-refractivity contribution < 1.29 is 9.90 Å². The second-order valence-electron chi connectivity index (χ2n) is 5.95. The number of carbonyl (C=O) groups is 1. The maximum absolute atomic E-state index is 11.1. The van der Waals surface area contributed by atoms with E-state index in [1.165, 1.54) is 22.2 Å². The first-order valence-electron chi connectivity index (χ1n) is 7.47. The van der Waals surface area contributed by atoms with Crippen molar-refractivity contribution in [2.75, 3.05) is 5.32 Å². The number of rotatable bonds is 3.